The molecule has 0 aliphatic carbocycles. The lowest BCUT2D eigenvalue weighted by molar-refractivity contribution is -0.141. The highest BCUT2D eigenvalue weighted by molar-refractivity contribution is 7.11. The van der Waals surface area contributed by atoms with Crippen LogP contribution in [0.4, 0.5) is 13.2 Å². The number of hydrogen-bond donors (Lipinski definition) is 1. The summed E-state index contributed by atoms with van der Waals surface area (Å²) in [7, 11) is 1.92. The average molecular weight is 309 g/mol. The second kappa shape index (κ2) is 6.38. The van der Waals surface area contributed by atoms with Crippen LogP contribution in [0.15, 0.2) is 0 Å². The number of thiazole rings is 1. The van der Waals surface area contributed by atoms with Crippen molar-refractivity contribution < 1.29 is 17.9 Å². The second-order valence-corrected chi connectivity index (χ2v) is 5.84. The molecule has 1 unspecified atom stereocenters. The van der Waals surface area contributed by atoms with Crippen LogP contribution < -0.4 is 5.32 Å². The van der Waals surface area contributed by atoms with Crippen molar-refractivity contribution in [3.63, 3.8) is 0 Å². The number of aromatic nitrogens is 1. The van der Waals surface area contributed by atoms with Crippen molar-refractivity contribution in [3.8, 4) is 0 Å². The molecule has 1 aliphatic rings. The molecule has 1 fully saturated rings. The van der Waals surface area contributed by atoms with Crippen molar-refractivity contribution in [3.05, 3.63) is 15.6 Å². The fraction of sp³-hybridized carbons (Fsp3) is 0.750. The van der Waals surface area contributed by atoms with Crippen LogP contribution in [-0.4, -0.2) is 43.2 Å². The monoisotopic (exact) mass is 309 g/mol. The normalized spacial score (nSPS) is 21.4. The molecule has 1 aromatic rings. The number of morpholine rings is 1. The highest BCUT2D eigenvalue weighted by atomic mass is 32.1. The SMILES string of the molecule is CCNCc1sc(C2CN(C)CCO2)nc1C(F)(F)F. The van der Waals surface area contributed by atoms with Crippen molar-refractivity contribution in [1.82, 2.24) is 15.2 Å². The number of rotatable bonds is 4. The molecule has 2 rings (SSSR count). The summed E-state index contributed by atoms with van der Waals surface area (Å²) in [4.78, 5) is 6.06. The maximum atomic E-state index is 13.0. The van der Waals surface area contributed by atoms with Crippen molar-refractivity contribution in [2.24, 2.45) is 0 Å². The Morgan fingerprint density at radius 2 is 2.25 bits per heavy atom. The Kier molecular flexibility index (Phi) is 5.00. The van der Waals surface area contributed by atoms with Gasteiger partial charge in [-0.25, -0.2) is 4.98 Å². The number of likely N-dealkylation sites (N-methyl/N-ethyl adjacent to an activating group) is 1. The minimum absolute atomic E-state index is 0.186. The molecule has 0 bridgehead atoms. The van der Waals surface area contributed by atoms with Gasteiger partial charge in [-0.05, 0) is 13.6 Å². The van der Waals surface area contributed by atoms with Gasteiger partial charge < -0.3 is 15.0 Å². The lowest BCUT2D eigenvalue weighted by Crippen LogP contribution is -2.35. The first kappa shape index (κ1) is 15.7. The summed E-state index contributed by atoms with van der Waals surface area (Å²) in [6.07, 6.45) is -4.78. The van der Waals surface area contributed by atoms with Gasteiger partial charge in [-0.1, -0.05) is 6.92 Å². The summed E-state index contributed by atoms with van der Waals surface area (Å²) < 4.78 is 44.5. The number of nitrogens with one attached hydrogen (secondary N) is 1. The Balaban J connectivity index is 2.23. The zero-order chi connectivity index (χ0) is 14.8. The van der Waals surface area contributed by atoms with Gasteiger partial charge in [0.25, 0.3) is 0 Å². The van der Waals surface area contributed by atoms with Crippen LogP contribution in [0.2, 0.25) is 0 Å². The molecule has 8 heteroatoms. The highest BCUT2D eigenvalue weighted by Gasteiger charge is 2.38. The molecule has 1 N–H and O–H groups in total. The number of halogens is 3. The van der Waals surface area contributed by atoms with Crippen LogP contribution >= 0.6 is 11.3 Å². The van der Waals surface area contributed by atoms with Gasteiger partial charge in [0.2, 0.25) is 0 Å². The predicted octanol–water partition coefficient (Wildman–Crippen LogP) is 2.27. The summed E-state index contributed by atoms with van der Waals surface area (Å²) in [5.74, 6) is 0. The molecule has 0 saturated carbocycles. The fourth-order valence-electron chi connectivity index (χ4n) is 2.01. The van der Waals surface area contributed by atoms with E-state index in [2.05, 4.69) is 10.3 Å². The molecular weight excluding hydrogens is 291 g/mol. The Bertz CT molecular complexity index is 450. The van der Waals surface area contributed by atoms with Crippen molar-refractivity contribution >= 4 is 11.3 Å². The largest absolute Gasteiger partial charge is 0.434 e. The number of hydrogen-bond acceptors (Lipinski definition) is 5. The standard InChI is InChI=1S/C12H18F3N3OS/c1-3-16-6-9-10(12(13,14)15)17-11(20-9)8-7-18(2)4-5-19-8/h8,16H,3-7H2,1-2H3. The fourth-order valence-corrected chi connectivity index (χ4v) is 3.11. The van der Waals surface area contributed by atoms with Crippen LogP contribution in [0.5, 0.6) is 0 Å². The Hall–Kier alpha value is -0.700. The predicted molar refractivity (Wildman–Crippen MR) is 70.7 cm³/mol. The van der Waals surface area contributed by atoms with E-state index in [4.69, 9.17) is 4.74 Å². The lowest BCUT2D eigenvalue weighted by atomic mass is 10.3. The lowest BCUT2D eigenvalue weighted by Gasteiger charge is -2.28. The van der Waals surface area contributed by atoms with E-state index in [0.717, 1.165) is 17.9 Å². The molecule has 0 aromatic carbocycles. The Labute approximate surface area is 119 Å². The first-order valence-corrected chi connectivity index (χ1v) is 7.31. The minimum atomic E-state index is -4.42. The van der Waals surface area contributed by atoms with Gasteiger partial charge in [0.1, 0.15) is 11.1 Å². The second-order valence-electron chi connectivity index (χ2n) is 4.72. The molecule has 0 radical (unpaired) electrons. The number of nitrogens with zero attached hydrogens (tertiary/aromatic N) is 2. The molecule has 0 spiro atoms. The third kappa shape index (κ3) is 3.69. The van der Waals surface area contributed by atoms with Crippen LogP contribution in [-0.2, 0) is 17.5 Å². The molecule has 4 nitrogen and oxygen atoms in total. The van der Waals surface area contributed by atoms with Crippen LogP contribution in [0.3, 0.4) is 0 Å². The van der Waals surface area contributed by atoms with Gasteiger partial charge in [0, 0.05) is 19.6 Å². The zero-order valence-electron chi connectivity index (χ0n) is 11.5. The van der Waals surface area contributed by atoms with Crippen LogP contribution in [0.1, 0.15) is 28.6 Å². The quantitative estimate of drug-likeness (QED) is 0.926. The topological polar surface area (TPSA) is 37.4 Å². The van der Waals surface area contributed by atoms with E-state index in [0.29, 0.717) is 24.7 Å². The smallest absolute Gasteiger partial charge is 0.368 e. The minimum Gasteiger partial charge on any atom is -0.368 e. The van der Waals surface area contributed by atoms with E-state index in [-0.39, 0.29) is 17.5 Å². The van der Waals surface area contributed by atoms with Gasteiger partial charge in [0.05, 0.1) is 11.5 Å². The van der Waals surface area contributed by atoms with E-state index in [1.165, 1.54) is 0 Å². The molecule has 0 amide bonds. The summed E-state index contributed by atoms with van der Waals surface area (Å²) >= 11 is 1.09. The summed E-state index contributed by atoms with van der Waals surface area (Å²) in [5.41, 5.74) is -0.782. The molecule has 114 valence electrons. The summed E-state index contributed by atoms with van der Waals surface area (Å²) in [6, 6.07) is 0. The van der Waals surface area contributed by atoms with E-state index >= 15 is 0 Å². The molecule has 1 aromatic heterocycles. The van der Waals surface area contributed by atoms with Gasteiger partial charge in [-0.2, -0.15) is 13.2 Å². The highest BCUT2D eigenvalue weighted by Crippen LogP contribution is 2.37. The van der Waals surface area contributed by atoms with Crippen molar-refractivity contribution in [2.75, 3.05) is 33.3 Å². The van der Waals surface area contributed by atoms with Crippen LogP contribution in [0.25, 0.3) is 0 Å². The number of ether oxygens (including phenoxy) is 1. The maximum Gasteiger partial charge on any atom is 0.434 e. The first-order valence-electron chi connectivity index (χ1n) is 6.49. The molecule has 2 heterocycles. The van der Waals surface area contributed by atoms with Crippen molar-refractivity contribution in [1.29, 1.82) is 0 Å². The van der Waals surface area contributed by atoms with E-state index in [9.17, 15) is 13.2 Å². The Morgan fingerprint density at radius 1 is 1.50 bits per heavy atom. The third-order valence-corrected chi connectivity index (χ3v) is 4.21. The van der Waals surface area contributed by atoms with E-state index in [1.54, 1.807) is 0 Å². The van der Waals surface area contributed by atoms with Crippen molar-refractivity contribution in [2.45, 2.75) is 25.7 Å². The van der Waals surface area contributed by atoms with Gasteiger partial charge in [0.15, 0.2) is 5.69 Å². The maximum absolute atomic E-state index is 13.0. The van der Waals surface area contributed by atoms with Gasteiger partial charge in [-0.3, -0.25) is 0 Å². The third-order valence-electron chi connectivity index (χ3n) is 3.06. The summed E-state index contributed by atoms with van der Waals surface area (Å²) in [5, 5.41) is 3.33. The molecule has 1 saturated heterocycles. The van der Waals surface area contributed by atoms with E-state index < -0.39 is 11.9 Å². The molecular formula is C12H18F3N3OS. The van der Waals surface area contributed by atoms with Gasteiger partial charge in [-0.15, -0.1) is 11.3 Å². The molecule has 20 heavy (non-hydrogen) atoms. The Morgan fingerprint density at radius 3 is 2.85 bits per heavy atom. The van der Waals surface area contributed by atoms with E-state index in [1.807, 2.05) is 18.9 Å². The summed E-state index contributed by atoms with van der Waals surface area (Å²) in [6.45, 7) is 4.54. The average Bonchev–Trinajstić information content (AvgIpc) is 2.80. The van der Waals surface area contributed by atoms with Gasteiger partial charge >= 0.3 is 6.18 Å². The number of alkyl halides is 3. The zero-order valence-corrected chi connectivity index (χ0v) is 12.3. The molecule has 1 aliphatic heterocycles. The first-order chi connectivity index (χ1) is 9.41. The molecule has 1 atom stereocenters. The van der Waals surface area contributed by atoms with Crippen LogP contribution in [0, 0.1) is 0 Å².